The molecule has 5 heteroatoms. The second-order valence-electron chi connectivity index (χ2n) is 6.44. The number of hydrogen-bond acceptors (Lipinski definition) is 3. The topological polar surface area (TPSA) is 49.4 Å². The maximum Gasteiger partial charge on any atom is 0.264 e. The normalized spacial score (nSPS) is 12.8. The molecule has 0 saturated heterocycles. The van der Waals surface area contributed by atoms with Crippen LogP contribution in [0, 0.1) is 13.8 Å². The number of anilines is 1. The number of likely N-dealkylation sites (N-methyl/N-ethyl adjacent to an activating group) is 1. The van der Waals surface area contributed by atoms with Gasteiger partial charge in [0.2, 0.25) is 5.91 Å². The Morgan fingerprint density at radius 1 is 1.21 bits per heavy atom. The molecule has 0 atom stereocenters. The second kappa shape index (κ2) is 6.77. The lowest BCUT2D eigenvalue weighted by Gasteiger charge is -2.17. The van der Waals surface area contributed by atoms with E-state index >= 15 is 0 Å². The Balaban J connectivity index is 1.63. The molecular weight excluding hydrogens is 320 g/mol. The molecule has 1 aliphatic carbocycles. The fourth-order valence-corrected chi connectivity index (χ4v) is 4.22. The Hall–Kier alpha value is -2.14. The van der Waals surface area contributed by atoms with Crippen LogP contribution in [0.15, 0.2) is 24.3 Å². The summed E-state index contributed by atoms with van der Waals surface area (Å²) in [7, 11) is 1.68. The minimum absolute atomic E-state index is 0.0504. The fraction of sp³-hybridized carbons (Fsp3) is 0.368. The molecule has 2 aromatic rings. The highest BCUT2D eigenvalue weighted by Crippen LogP contribution is 2.31. The summed E-state index contributed by atoms with van der Waals surface area (Å²) in [5, 5.41) is 2.90. The van der Waals surface area contributed by atoms with Gasteiger partial charge in [0.15, 0.2) is 0 Å². The van der Waals surface area contributed by atoms with Crippen LogP contribution in [0.3, 0.4) is 0 Å². The zero-order chi connectivity index (χ0) is 17.3. The van der Waals surface area contributed by atoms with E-state index in [2.05, 4.69) is 5.32 Å². The Kier molecular flexibility index (Phi) is 4.71. The van der Waals surface area contributed by atoms with E-state index in [1.165, 1.54) is 21.8 Å². The molecule has 2 amide bonds. The Morgan fingerprint density at radius 2 is 2.00 bits per heavy atom. The third-order valence-electron chi connectivity index (χ3n) is 4.35. The third-order valence-corrected chi connectivity index (χ3v) is 5.58. The Bertz CT molecular complexity index is 773. The van der Waals surface area contributed by atoms with Gasteiger partial charge < -0.3 is 10.2 Å². The summed E-state index contributed by atoms with van der Waals surface area (Å²) in [5.41, 5.74) is 4.21. The molecule has 1 heterocycles. The van der Waals surface area contributed by atoms with Crippen molar-refractivity contribution in [2.24, 2.45) is 0 Å². The molecule has 1 N–H and O–H groups in total. The molecule has 126 valence electrons. The van der Waals surface area contributed by atoms with Crippen molar-refractivity contribution >= 4 is 28.8 Å². The molecule has 0 saturated carbocycles. The fourth-order valence-electron chi connectivity index (χ4n) is 2.97. The summed E-state index contributed by atoms with van der Waals surface area (Å²) < 4.78 is 0. The van der Waals surface area contributed by atoms with Gasteiger partial charge in [0.05, 0.1) is 11.4 Å². The second-order valence-corrected chi connectivity index (χ2v) is 7.58. The van der Waals surface area contributed by atoms with E-state index in [1.807, 2.05) is 38.1 Å². The molecular formula is C19H22N2O2S. The predicted octanol–water partition coefficient (Wildman–Crippen LogP) is 3.56. The van der Waals surface area contributed by atoms with Crippen molar-refractivity contribution in [3.8, 4) is 0 Å². The zero-order valence-electron chi connectivity index (χ0n) is 14.3. The zero-order valence-corrected chi connectivity index (χ0v) is 15.1. The number of fused-ring (bicyclic) bond motifs is 1. The van der Waals surface area contributed by atoms with Crippen LogP contribution in [-0.4, -0.2) is 30.3 Å². The number of nitrogens with zero attached hydrogens (tertiary/aromatic N) is 1. The Labute approximate surface area is 146 Å². The Morgan fingerprint density at radius 3 is 2.75 bits per heavy atom. The van der Waals surface area contributed by atoms with Crippen molar-refractivity contribution in [1.29, 1.82) is 0 Å². The van der Waals surface area contributed by atoms with Crippen LogP contribution < -0.4 is 5.32 Å². The lowest BCUT2D eigenvalue weighted by molar-refractivity contribution is -0.116. The highest BCUT2D eigenvalue weighted by molar-refractivity contribution is 7.14. The lowest BCUT2D eigenvalue weighted by atomic mass is 10.1. The number of hydrogen-bond donors (Lipinski definition) is 1. The summed E-state index contributed by atoms with van der Waals surface area (Å²) in [4.78, 5) is 28.3. The van der Waals surface area contributed by atoms with Crippen LogP contribution in [0.4, 0.5) is 5.69 Å². The minimum Gasteiger partial charge on any atom is -0.332 e. The van der Waals surface area contributed by atoms with Gasteiger partial charge in [0.25, 0.3) is 5.91 Å². The van der Waals surface area contributed by atoms with Crippen LogP contribution in [-0.2, 0) is 17.6 Å². The van der Waals surface area contributed by atoms with Crippen LogP contribution in [0.25, 0.3) is 0 Å². The van der Waals surface area contributed by atoms with Gasteiger partial charge in [-0.2, -0.15) is 0 Å². The molecule has 4 nitrogen and oxygen atoms in total. The SMILES string of the molecule is Cc1ccc(C)c(NC(=O)CN(C)C(=O)c2cc3c(s2)CCC3)c1. The van der Waals surface area contributed by atoms with Gasteiger partial charge in [-0.25, -0.2) is 0 Å². The first kappa shape index (κ1) is 16.7. The van der Waals surface area contributed by atoms with E-state index in [0.29, 0.717) is 0 Å². The average molecular weight is 342 g/mol. The van der Waals surface area contributed by atoms with Gasteiger partial charge in [-0.05, 0) is 61.9 Å². The van der Waals surface area contributed by atoms with E-state index in [9.17, 15) is 9.59 Å². The van der Waals surface area contributed by atoms with Crippen LogP contribution in [0.5, 0.6) is 0 Å². The van der Waals surface area contributed by atoms with Crippen LogP contribution in [0.1, 0.15) is 37.7 Å². The lowest BCUT2D eigenvalue weighted by Crippen LogP contribution is -2.34. The highest BCUT2D eigenvalue weighted by Gasteiger charge is 2.21. The summed E-state index contributed by atoms with van der Waals surface area (Å²) in [6.07, 6.45) is 3.32. The van der Waals surface area contributed by atoms with E-state index in [-0.39, 0.29) is 18.4 Å². The molecule has 0 spiro atoms. The van der Waals surface area contributed by atoms with Gasteiger partial charge in [-0.1, -0.05) is 12.1 Å². The van der Waals surface area contributed by atoms with E-state index in [0.717, 1.165) is 34.5 Å². The molecule has 0 radical (unpaired) electrons. The molecule has 0 fully saturated rings. The molecule has 0 aliphatic heterocycles. The van der Waals surface area contributed by atoms with Crippen molar-refractivity contribution in [1.82, 2.24) is 4.90 Å². The molecule has 1 aromatic heterocycles. The summed E-state index contributed by atoms with van der Waals surface area (Å²) in [6, 6.07) is 7.93. The average Bonchev–Trinajstić information content (AvgIpc) is 3.11. The summed E-state index contributed by atoms with van der Waals surface area (Å²) in [6.45, 7) is 3.99. The van der Waals surface area contributed by atoms with Crippen molar-refractivity contribution in [3.63, 3.8) is 0 Å². The van der Waals surface area contributed by atoms with Crippen molar-refractivity contribution in [2.75, 3.05) is 18.9 Å². The maximum atomic E-state index is 12.5. The quantitative estimate of drug-likeness (QED) is 0.923. The number of amides is 2. The monoisotopic (exact) mass is 342 g/mol. The van der Waals surface area contributed by atoms with E-state index in [4.69, 9.17) is 0 Å². The first-order valence-corrected chi connectivity index (χ1v) is 9.00. The highest BCUT2D eigenvalue weighted by atomic mass is 32.1. The molecule has 0 bridgehead atoms. The molecule has 1 aromatic carbocycles. The largest absolute Gasteiger partial charge is 0.332 e. The van der Waals surface area contributed by atoms with Crippen molar-refractivity contribution < 1.29 is 9.59 Å². The molecule has 1 aliphatic rings. The number of nitrogens with one attached hydrogen (secondary N) is 1. The number of benzene rings is 1. The predicted molar refractivity (Wildman–Crippen MR) is 97.9 cm³/mol. The van der Waals surface area contributed by atoms with Crippen molar-refractivity contribution in [2.45, 2.75) is 33.1 Å². The van der Waals surface area contributed by atoms with E-state index in [1.54, 1.807) is 18.4 Å². The van der Waals surface area contributed by atoms with Gasteiger partial charge in [0.1, 0.15) is 0 Å². The van der Waals surface area contributed by atoms with Gasteiger partial charge in [-0.15, -0.1) is 11.3 Å². The van der Waals surface area contributed by atoms with E-state index < -0.39 is 0 Å². The first-order valence-electron chi connectivity index (χ1n) is 8.18. The number of rotatable bonds is 4. The molecule has 3 rings (SSSR count). The van der Waals surface area contributed by atoms with Gasteiger partial charge in [0, 0.05) is 17.6 Å². The van der Waals surface area contributed by atoms with Gasteiger partial charge >= 0.3 is 0 Å². The molecule has 0 unspecified atom stereocenters. The van der Waals surface area contributed by atoms with Crippen LogP contribution >= 0.6 is 11.3 Å². The maximum absolute atomic E-state index is 12.5. The third kappa shape index (κ3) is 3.51. The van der Waals surface area contributed by atoms with Gasteiger partial charge in [-0.3, -0.25) is 9.59 Å². The smallest absolute Gasteiger partial charge is 0.264 e. The summed E-state index contributed by atoms with van der Waals surface area (Å²) in [5.74, 6) is -0.255. The number of thiophene rings is 1. The number of carbonyl (C=O) groups excluding carboxylic acids is 2. The van der Waals surface area contributed by atoms with Crippen molar-refractivity contribution in [3.05, 3.63) is 50.7 Å². The first-order chi connectivity index (χ1) is 11.4. The number of aryl methyl sites for hydroxylation is 4. The minimum atomic E-state index is -0.177. The number of carbonyl (C=O) groups is 2. The summed E-state index contributed by atoms with van der Waals surface area (Å²) >= 11 is 1.57. The molecule has 24 heavy (non-hydrogen) atoms. The standard InChI is InChI=1S/C19H22N2O2S/c1-12-7-8-13(2)15(9-12)20-18(22)11-21(3)19(23)17-10-14-5-4-6-16(14)24-17/h7-10H,4-6,11H2,1-3H3,(H,20,22). The van der Waals surface area contributed by atoms with Crippen LogP contribution in [0.2, 0.25) is 0 Å².